The molecule has 1 amide bonds. The monoisotopic (exact) mass is 357 g/mol. The summed E-state index contributed by atoms with van der Waals surface area (Å²) < 4.78 is 32.2. The molecule has 0 bridgehead atoms. The zero-order chi connectivity index (χ0) is 18.1. The Hall–Kier alpha value is -3.23. The second-order valence-electron chi connectivity index (χ2n) is 5.83. The predicted molar refractivity (Wildman–Crippen MR) is 84.7 cm³/mol. The van der Waals surface area contributed by atoms with E-state index in [9.17, 15) is 13.6 Å². The van der Waals surface area contributed by atoms with Gasteiger partial charge in [0.2, 0.25) is 11.7 Å². The van der Waals surface area contributed by atoms with Crippen molar-refractivity contribution < 1.29 is 18.1 Å². The summed E-state index contributed by atoms with van der Waals surface area (Å²) >= 11 is 0. The highest BCUT2D eigenvalue weighted by atomic mass is 19.1. The lowest BCUT2D eigenvalue weighted by atomic mass is 10.2. The molecule has 1 aliphatic heterocycles. The van der Waals surface area contributed by atoms with Crippen molar-refractivity contribution in [1.82, 2.24) is 25.0 Å². The smallest absolute Gasteiger partial charge is 0.274 e. The van der Waals surface area contributed by atoms with Gasteiger partial charge in [-0.2, -0.15) is 4.98 Å². The van der Waals surface area contributed by atoms with Crippen molar-refractivity contribution in [3.63, 3.8) is 0 Å². The van der Waals surface area contributed by atoms with Gasteiger partial charge in [-0.25, -0.2) is 13.8 Å². The third-order valence-corrected chi connectivity index (χ3v) is 4.19. The van der Waals surface area contributed by atoms with Gasteiger partial charge in [0.1, 0.15) is 23.4 Å². The van der Waals surface area contributed by atoms with E-state index in [4.69, 9.17) is 4.52 Å². The Bertz CT molecular complexity index is 947. The van der Waals surface area contributed by atoms with Crippen LogP contribution in [0.3, 0.4) is 0 Å². The van der Waals surface area contributed by atoms with Gasteiger partial charge >= 0.3 is 0 Å². The molecule has 7 nitrogen and oxygen atoms in total. The lowest BCUT2D eigenvalue weighted by Crippen LogP contribution is -2.31. The molecule has 0 N–H and O–H groups in total. The van der Waals surface area contributed by atoms with E-state index in [0.717, 1.165) is 18.6 Å². The van der Waals surface area contributed by atoms with Crippen LogP contribution >= 0.6 is 0 Å². The van der Waals surface area contributed by atoms with Gasteiger partial charge in [-0.1, -0.05) is 5.16 Å². The van der Waals surface area contributed by atoms with Gasteiger partial charge in [-0.05, 0) is 25.0 Å². The molecular formula is C17H13F2N5O2. The topological polar surface area (TPSA) is 85.0 Å². The molecule has 1 aliphatic rings. The van der Waals surface area contributed by atoms with Crippen molar-refractivity contribution >= 4 is 5.91 Å². The maximum atomic E-state index is 13.9. The molecule has 1 saturated heterocycles. The molecule has 4 rings (SSSR count). The molecule has 1 unspecified atom stereocenters. The van der Waals surface area contributed by atoms with Crippen LogP contribution in [0.25, 0.3) is 11.4 Å². The SMILES string of the molecule is O=C(c1cnccn1)N1CCCC1c1nc(-c2ccc(F)cc2F)no1. The van der Waals surface area contributed by atoms with Gasteiger partial charge in [-0.15, -0.1) is 0 Å². The van der Waals surface area contributed by atoms with Crippen molar-refractivity contribution in [2.45, 2.75) is 18.9 Å². The first kappa shape index (κ1) is 16.2. The van der Waals surface area contributed by atoms with E-state index in [1.165, 1.54) is 24.7 Å². The normalized spacial score (nSPS) is 16.8. The molecule has 1 atom stereocenters. The first-order valence-corrected chi connectivity index (χ1v) is 7.99. The maximum Gasteiger partial charge on any atom is 0.274 e. The third kappa shape index (κ3) is 2.92. The van der Waals surface area contributed by atoms with Crippen LogP contribution < -0.4 is 0 Å². The molecule has 3 heterocycles. The zero-order valence-corrected chi connectivity index (χ0v) is 13.5. The van der Waals surface area contributed by atoms with Crippen molar-refractivity contribution in [2.24, 2.45) is 0 Å². The Balaban J connectivity index is 1.61. The van der Waals surface area contributed by atoms with Crippen molar-refractivity contribution in [3.05, 3.63) is 60.0 Å². The molecule has 26 heavy (non-hydrogen) atoms. The number of halogens is 2. The summed E-state index contributed by atoms with van der Waals surface area (Å²) in [7, 11) is 0. The number of hydrogen-bond donors (Lipinski definition) is 0. The average Bonchev–Trinajstić information content (AvgIpc) is 3.31. The van der Waals surface area contributed by atoms with Crippen LogP contribution in [0.5, 0.6) is 0 Å². The summed E-state index contributed by atoms with van der Waals surface area (Å²) in [6.45, 7) is 0.517. The number of carbonyl (C=O) groups is 1. The standard InChI is InChI=1S/C17H13F2N5O2/c18-10-3-4-11(12(19)8-10)15-22-16(26-23-15)14-2-1-7-24(14)17(25)13-9-20-5-6-21-13/h3-6,8-9,14H,1-2,7H2. The van der Waals surface area contributed by atoms with Crippen molar-refractivity contribution in [2.75, 3.05) is 6.54 Å². The van der Waals surface area contributed by atoms with Crippen LogP contribution in [0.2, 0.25) is 0 Å². The molecule has 0 aliphatic carbocycles. The van der Waals surface area contributed by atoms with E-state index in [1.54, 1.807) is 4.90 Å². The number of hydrogen-bond acceptors (Lipinski definition) is 6. The summed E-state index contributed by atoms with van der Waals surface area (Å²) in [5.74, 6) is -1.54. The zero-order valence-electron chi connectivity index (χ0n) is 13.5. The fourth-order valence-corrected chi connectivity index (χ4v) is 2.97. The first-order chi connectivity index (χ1) is 12.6. The van der Waals surface area contributed by atoms with Crippen LogP contribution in [0.15, 0.2) is 41.3 Å². The predicted octanol–water partition coefficient (Wildman–Crippen LogP) is 2.78. The molecular weight excluding hydrogens is 344 g/mol. The number of rotatable bonds is 3. The summed E-state index contributed by atoms with van der Waals surface area (Å²) in [4.78, 5) is 26.3. The van der Waals surface area contributed by atoms with Gasteiger partial charge in [-0.3, -0.25) is 9.78 Å². The highest BCUT2D eigenvalue weighted by molar-refractivity contribution is 5.92. The number of aromatic nitrogens is 4. The molecule has 2 aromatic heterocycles. The number of carbonyl (C=O) groups excluding carboxylic acids is 1. The molecule has 1 aromatic carbocycles. The minimum atomic E-state index is -0.781. The second kappa shape index (κ2) is 6.58. The van der Waals surface area contributed by atoms with Crippen LogP contribution in [0.1, 0.15) is 35.3 Å². The Morgan fingerprint density at radius 1 is 1.27 bits per heavy atom. The maximum absolute atomic E-state index is 13.9. The van der Waals surface area contributed by atoms with Crippen molar-refractivity contribution in [1.29, 1.82) is 0 Å². The molecule has 9 heteroatoms. The number of likely N-dealkylation sites (tertiary alicyclic amines) is 1. The molecule has 3 aromatic rings. The molecule has 0 spiro atoms. The fourth-order valence-electron chi connectivity index (χ4n) is 2.97. The van der Waals surface area contributed by atoms with Crippen LogP contribution in [-0.4, -0.2) is 37.5 Å². The van der Waals surface area contributed by atoms with Gasteiger partial charge in [0.05, 0.1) is 11.8 Å². The average molecular weight is 357 g/mol. The summed E-state index contributed by atoms with van der Waals surface area (Å²) in [5.41, 5.74) is 0.259. The van der Waals surface area contributed by atoms with Crippen LogP contribution in [0, 0.1) is 11.6 Å². The van der Waals surface area contributed by atoms with E-state index in [0.29, 0.717) is 13.0 Å². The second-order valence-corrected chi connectivity index (χ2v) is 5.83. The van der Waals surface area contributed by atoms with Crippen molar-refractivity contribution in [3.8, 4) is 11.4 Å². The van der Waals surface area contributed by atoms with Crippen LogP contribution in [0.4, 0.5) is 8.78 Å². The number of nitrogens with zero attached hydrogens (tertiary/aromatic N) is 5. The van der Waals surface area contributed by atoms with Gasteiger partial charge in [0, 0.05) is 25.0 Å². The summed E-state index contributed by atoms with van der Waals surface area (Å²) in [5, 5.41) is 3.77. The summed E-state index contributed by atoms with van der Waals surface area (Å²) in [6.07, 6.45) is 5.73. The minimum Gasteiger partial charge on any atom is -0.337 e. The Morgan fingerprint density at radius 3 is 2.92 bits per heavy atom. The Morgan fingerprint density at radius 2 is 2.15 bits per heavy atom. The Labute approximate surface area is 146 Å². The minimum absolute atomic E-state index is 0.0105. The summed E-state index contributed by atoms with van der Waals surface area (Å²) in [6, 6.07) is 2.70. The van der Waals surface area contributed by atoms with E-state index in [1.807, 2.05) is 0 Å². The molecule has 0 saturated carbocycles. The molecule has 132 valence electrons. The molecule has 1 fully saturated rings. The van der Waals surface area contributed by atoms with Crippen LogP contribution in [-0.2, 0) is 0 Å². The lowest BCUT2D eigenvalue weighted by molar-refractivity contribution is 0.0703. The van der Waals surface area contributed by atoms with Gasteiger partial charge in [0.15, 0.2) is 0 Å². The largest absolute Gasteiger partial charge is 0.337 e. The first-order valence-electron chi connectivity index (χ1n) is 7.99. The van der Waals surface area contributed by atoms with Gasteiger partial charge < -0.3 is 9.42 Å². The Kier molecular flexibility index (Phi) is 4.11. The van der Waals surface area contributed by atoms with E-state index >= 15 is 0 Å². The number of benzene rings is 1. The quantitative estimate of drug-likeness (QED) is 0.717. The van der Waals surface area contributed by atoms with E-state index in [2.05, 4.69) is 20.1 Å². The highest BCUT2D eigenvalue weighted by Gasteiger charge is 2.35. The number of amides is 1. The van der Waals surface area contributed by atoms with E-state index < -0.39 is 17.7 Å². The highest BCUT2D eigenvalue weighted by Crippen LogP contribution is 2.33. The van der Waals surface area contributed by atoms with E-state index in [-0.39, 0.29) is 28.9 Å². The lowest BCUT2D eigenvalue weighted by Gasteiger charge is -2.21. The third-order valence-electron chi connectivity index (χ3n) is 4.19. The van der Waals surface area contributed by atoms with Gasteiger partial charge in [0.25, 0.3) is 5.91 Å². The fraction of sp³-hybridized carbons (Fsp3) is 0.235. The molecule has 0 radical (unpaired) electrons.